The normalized spacial score (nSPS) is 25.5. The highest BCUT2D eigenvalue weighted by molar-refractivity contribution is 5.17. The molecule has 2 N–H and O–H groups in total. The van der Waals surface area contributed by atoms with Gasteiger partial charge in [0.15, 0.2) is 0 Å². The van der Waals surface area contributed by atoms with Gasteiger partial charge in [-0.05, 0) is 43.9 Å². The number of aromatic nitrogens is 1. The van der Waals surface area contributed by atoms with Crippen LogP contribution in [-0.2, 0) is 0 Å². The van der Waals surface area contributed by atoms with E-state index in [2.05, 4.69) is 42.8 Å². The molecule has 1 aliphatic rings. The van der Waals surface area contributed by atoms with E-state index >= 15 is 0 Å². The molecule has 1 fully saturated rings. The van der Waals surface area contributed by atoms with Gasteiger partial charge in [-0.1, -0.05) is 26.3 Å². The van der Waals surface area contributed by atoms with Crippen molar-refractivity contribution in [2.75, 3.05) is 13.1 Å². The van der Waals surface area contributed by atoms with Gasteiger partial charge in [0, 0.05) is 18.8 Å². The van der Waals surface area contributed by atoms with Crippen molar-refractivity contribution in [1.29, 1.82) is 0 Å². The summed E-state index contributed by atoms with van der Waals surface area (Å²) in [5.41, 5.74) is 8.78. The van der Waals surface area contributed by atoms with Crippen LogP contribution in [0, 0.1) is 12.8 Å². The molecule has 0 spiro atoms. The van der Waals surface area contributed by atoms with E-state index in [1.54, 1.807) is 0 Å². The van der Waals surface area contributed by atoms with Crippen LogP contribution in [0.1, 0.15) is 50.4 Å². The van der Waals surface area contributed by atoms with Crippen LogP contribution in [-0.4, -0.2) is 29.0 Å². The largest absolute Gasteiger partial charge is 0.326 e. The third kappa shape index (κ3) is 3.77. The standard InChI is InChI=1S/C16H27N3/c1-12(2)11-19-9-5-4-6-14(17)16(19)15-8-7-13(3)10-18-15/h7-8,10,12,14,16H,4-6,9,11,17H2,1-3H3. The zero-order valence-electron chi connectivity index (χ0n) is 12.5. The van der Waals surface area contributed by atoms with Gasteiger partial charge in [0.1, 0.15) is 0 Å². The van der Waals surface area contributed by atoms with Gasteiger partial charge in [-0.25, -0.2) is 0 Å². The van der Waals surface area contributed by atoms with Crippen LogP contribution in [0.4, 0.5) is 0 Å². The molecule has 0 saturated carbocycles. The first-order chi connectivity index (χ1) is 9.08. The second-order valence-electron chi connectivity index (χ2n) is 6.25. The van der Waals surface area contributed by atoms with Crippen LogP contribution in [0.5, 0.6) is 0 Å². The van der Waals surface area contributed by atoms with Gasteiger partial charge >= 0.3 is 0 Å². The van der Waals surface area contributed by atoms with Crippen molar-refractivity contribution >= 4 is 0 Å². The molecule has 2 unspecified atom stereocenters. The highest BCUT2D eigenvalue weighted by Gasteiger charge is 2.29. The van der Waals surface area contributed by atoms with Crippen molar-refractivity contribution in [2.24, 2.45) is 11.7 Å². The van der Waals surface area contributed by atoms with Crippen LogP contribution in [0.25, 0.3) is 0 Å². The molecule has 1 saturated heterocycles. The maximum Gasteiger partial charge on any atom is 0.0673 e. The molecular weight excluding hydrogens is 234 g/mol. The Morgan fingerprint density at radius 3 is 2.79 bits per heavy atom. The number of likely N-dealkylation sites (tertiary alicyclic amines) is 1. The molecule has 2 atom stereocenters. The Kier molecular flexibility index (Phi) is 4.94. The lowest BCUT2D eigenvalue weighted by atomic mass is 9.99. The Labute approximate surface area is 117 Å². The number of rotatable bonds is 3. The number of hydrogen-bond acceptors (Lipinski definition) is 3. The molecule has 0 aromatic carbocycles. The molecule has 1 aliphatic heterocycles. The van der Waals surface area contributed by atoms with Gasteiger partial charge in [0.25, 0.3) is 0 Å². The first-order valence-electron chi connectivity index (χ1n) is 7.50. The third-order valence-electron chi connectivity index (χ3n) is 3.87. The second kappa shape index (κ2) is 6.49. The maximum atomic E-state index is 6.43. The number of pyridine rings is 1. The highest BCUT2D eigenvalue weighted by Crippen LogP contribution is 2.29. The smallest absolute Gasteiger partial charge is 0.0673 e. The van der Waals surface area contributed by atoms with Crippen LogP contribution in [0.15, 0.2) is 18.3 Å². The van der Waals surface area contributed by atoms with Crippen molar-refractivity contribution in [3.63, 3.8) is 0 Å². The number of nitrogens with zero attached hydrogens (tertiary/aromatic N) is 2. The van der Waals surface area contributed by atoms with E-state index in [4.69, 9.17) is 5.73 Å². The fourth-order valence-electron chi connectivity index (χ4n) is 3.00. The molecule has 0 aliphatic carbocycles. The first kappa shape index (κ1) is 14.5. The predicted molar refractivity (Wildman–Crippen MR) is 80.0 cm³/mol. The van der Waals surface area contributed by atoms with Gasteiger partial charge in [-0.2, -0.15) is 0 Å². The summed E-state index contributed by atoms with van der Waals surface area (Å²) in [6.07, 6.45) is 5.55. The molecule has 0 bridgehead atoms. The molecular formula is C16H27N3. The van der Waals surface area contributed by atoms with Crippen LogP contribution < -0.4 is 5.73 Å². The Hall–Kier alpha value is -0.930. The molecule has 2 rings (SSSR count). The van der Waals surface area contributed by atoms with Crippen molar-refractivity contribution in [3.05, 3.63) is 29.6 Å². The quantitative estimate of drug-likeness (QED) is 0.909. The summed E-state index contributed by atoms with van der Waals surface area (Å²) >= 11 is 0. The first-order valence-corrected chi connectivity index (χ1v) is 7.50. The monoisotopic (exact) mass is 261 g/mol. The van der Waals surface area contributed by atoms with E-state index in [1.807, 2.05) is 6.20 Å². The van der Waals surface area contributed by atoms with Gasteiger partial charge in [0.05, 0.1) is 11.7 Å². The maximum absolute atomic E-state index is 6.43. The van der Waals surface area contributed by atoms with E-state index in [-0.39, 0.29) is 12.1 Å². The Bertz CT molecular complexity index is 385. The molecule has 0 radical (unpaired) electrons. The Morgan fingerprint density at radius 1 is 1.37 bits per heavy atom. The van der Waals surface area contributed by atoms with E-state index in [1.165, 1.54) is 18.4 Å². The summed E-state index contributed by atoms with van der Waals surface area (Å²) in [5.74, 6) is 0.665. The minimum Gasteiger partial charge on any atom is -0.326 e. The van der Waals surface area contributed by atoms with Crippen molar-refractivity contribution in [1.82, 2.24) is 9.88 Å². The predicted octanol–water partition coefficient (Wildman–Crippen LogP) is 2.90. The molecule has 1 aromatic rings. The molecule has 3 heteroatoms. The lowest BCUT2D eigenvalue weighted by Gasteiger charge is -2.34. The van der Waals surface area contributed by atoms with E-state index < -0.39 is 0 Å². The fourth-order valence-corrected chi connectivity index (χ4v) is 3.00. The average molecular weight is 261 g/mol. The van der Waals surface area contributed by atoms with Crippen molar-refractivity contribution < 1.29 is 0 Å². The molecule has 1 aromatic heterocycles. The summed E-state index contributed by atoms with van der Waals surface area (Å²) in [7, 11) is 0. The van der Waals surface area contributed by atoms with Gasteiger partial charge < -0.3 is 5.73 Å². The van der Waals surface area contributed by atoms with Crippen LogP contribution in [0.2, 0.25) is 0 Å². The lowest BCUT2D eigenvalue weighted by Crippen LogP contribution is -2.41. The molecule has 2 heterocycles. The summed E-state index contributed by atoms with van der Waals surface area (Å²) in [5, 5.41) is 0. The average Bonchev–Trinajstić information content (AvgIpc) is 2.52. The van der Waals surface area contributed by atoms with Crippen molar-refractivity contribution in [2.45, 2.75) is 52.1 Å². The molecule has 3 nitrogen and oxygen atoms in total. The Morgan fingerprint density at radius 2 is 2.16 bits per heavy atom. The van der Waals surface area contributed by atoms with Crippen molar-refractivity contribution in [3.8, 4) is 0 Å². The lowest BCUT2D eigenvalue weighted by molar-refractivity contribution is 0.162. The summed E-state index contributed by atoms with van der Waals surface area (Å²) < 4.78 is 0. The van der Waals surface area contributed by atoms with E-state index in [0.717, 1.165) is 25.2 Å². The SMILES string of the molecule is Cc1ccc(C2C(N)CCCCN2CC(C)C)nc1. The fraction of sp³-hybridized carbons (Fsp3) is 0.688. The highest BCUT2D eigenvalue weighted by atomic mass is 15.2. The second-order valence-corrected chi connectivity index (χ2v) is 6.25. The summed E-state index contributed by atoms with van der Waals surface area (Å²) in [4.78, 5) is 7.17. The van der Waals surface area contributed by atoms with E-state index in [9.17, 15) is 0 Å². The summed E-state index contributed by atoms with van der Waals surface area (Å²) in [6, 6.07) is 4.79. The van der Waals surface area contributed by atoms with Crippen LogP contribution >= 0.6 is 0 Å². The Balaban J connectivity index is 2.25. The number of nitrogens with two attached hydrogens (primary N) is 1. The number of hydrogen-bond donors (Lipinski definition) is 1. The zero-order chi connectivity index (χ0) is 13.8. The zero-order valence-corrected chi connectivity index (χ0v) is 12.5. The van der Waals surface area contributed by atoms with Gasteiger partial charge in [0.2, 0.25) is 0 Å². The van der Waals surface area contributed by atoms with E-state index in [0.29, 0.717) is 5.92 Å². The third-order valence-corrected chi connectivity index (χ3v) is 3.87. The minimum absolute atomic E-state index is 0.205. The van der Waals surface area contributed by atoms with Crippen LogP contribution in [0.3, 0.4) is 0 Å². The molecule has 19 heavy (non-hydrogen) atoms. The topological polar surface area (TPSA) is 42.1 Å². The molecule has 106 valence electrons. The van der Waals surface area contributed by atoms with Gasteiger partial charge in [-0.15, -0.1) is 0 Å². The summed E-state index contributed by atoms with van der Waals surface area (Å²) in [6.45, 7) is 8.88. The number of aryl methyl sites for hydroxylation is 1. The minimum atomic E-state index is 0.205. The molecule has 0 amide bonds. The van der Waals surface area contributed by atoms with Gasteiger partial charge in [-0.3, -0.25) is 9.88 Å².